The van der Waals surface area contributed by atoms with Gasteiger partial charge in [-0.2, -0.15) is 4.31 Å². The van der Waals surface area contributed by atoms with Gasteiger partial charge in [0.25, 0.3) is 0 Å². The van der Waals surface area contributed by atoms with Gasteiger partial charge in [-0.05, 0) is 68.4 Å². The zero-order chi connectivity index (χ0) is 20.9. The van der Waals surface area contributed by atoms with E-state index in [2.05, 4.69) is 12.6 Å². The van der Waals surface area contributed by atoms with Gasteiger partial charge in [0.15, 0.2) is 0 Å². The highest BCUT2D eigenvalue weighted by molar-refractivity contribution is 7.97. The molecule has 1 unspecified atom stereocenters. The van der Waals surface area contributed by atoms with Crippen molar-refractivity contribution in [3.63, 3.8) is 0 Å². The molecular formula is C22H27NO4S2. The molecule has 0 bridgehead atoms. The normalized spacial score (nSPS) is 20.3. The Kier molecular flexibility index (Phi) is 7.03. The number of aryl methyl sites for hydroxylation is 1. The molecule has 1 atom stereocenters. The highest BCUT2D eigenvalue weighted by atomic mass is 32.2. The van der Waals surface area contributed by atoms with Crippen LogP contribution in [0.5, 0.6) is 5.75 Å². The summed E-state index contributed by atoms with van der Waals surface area (Å²) in [6.07, 6.45) is 3.96. The van der Waals surface area contributed by atoms with Gasteiger partial charge >= 0.3 is 0 Å². The van der Waals surface area contributed by atoms with Gasteiger partial charge in [0.2, 0.25) is 15.1 Å². The Bertz CT molecular complexity index is 929. The monoisotopic (exact) mass is 433 g/mol. The Hall–Kier alpha value is -1.83. The summed E-state index contributed by atoms with van der Waals surface area (Å²) >= 11 is 4.16. The summed E-state index contributed by atoms with van der Waals surface area (Å²) in [6, 6.07) is 16.1. The molecule has 29 heavy (non-hydrogen) atoms. The number of hydrogen-bond donors (Lipinski definition) is 1. The first-order valence-electron chi connectivity index (χ1n) is 9.84. The van der Waals surface area contributed by atoms with Gasteiger partial charge in [-0.25, -0.2) is 8.42 Å². The highest BCUT2D eigenvalue weighted by Crippen LogP contribution is 2.39. The van der Waals surface area contributed by atoms with Crippen LogP contribution in [-0.2, 0) is 21.2 Å². The van der Waals surface area contributed by atoms with E-state index >= 15 is 0 Å². The predicted octanol–water partition coefficient (Wildman–Crippen LogP) is 4.09. The van der Waals surface area contributed by atoms with E-state index in [1.165, 1.54) is 4.31 Å². The molecule has 0 radical (unpaired) electrons. The molecule has 1 saturated heterocycles. The quantitative estimate of drug-likeness (QED) is 0.637. The molecule has 0 spiro atoms. The Morgan fingerprint density at radius 2 is 1.79 bits per heavy atom. The Morgan fingerprint density at radius 1 is 1.10 bits per heavy atom. The van der Waals surface area contributed by atoms with Crippen LogP contribution in [-0.4, -0.2) is 37.0 Å². The van der Waals surface area contributed by atoms with Crippen LogP contribution in [0, 0.1) is 0 Å². The largest absolute Gasteiger partial charge is 0.497 e. The smallest absolute Gasteiger partial charge is 0.244 e. The van der Waals surface area contributed by atoms with Crippen molar-refractivity contribution in [1.29, 1.82) is 0 Å². The maximum absolute atomic E-state index is 13.3. The lowest BCUT2D eigenvalue weighted by Gasteiger charge is -2.44. The van der Waals surface area contributed by atoms with Gasteiger partial charge in [0, 0.05) is 6.54 Å². The predicted molar refractivity (Wildman–Crippen MR) is 117 cm³/mol. The van der Waals surface area contributed by atoms with Crippen LogP contribution in [0.15, 0.2) is 59.5 Å². The Morgan fingerprint density at radius 3 is 2.41 bits per heavy atom. The topological polar surface area (TPSA) is 63.7 Å². The van der Waals surface area contributed by atoms with Crippen molar-refractivity contribution < 1.29 is 17.9 Å². The lowest BCUT2D eigenvalue weighted by atomic mass is 9.84. The summed E-state index contributed by atoms with van der Waals surface area (Å²) in [5.41, 5.74) is 0.0310. The molecule has 7 heteroatoms. The summed E-state index contributed by atoms with van der Waals surface area (Å²) in [4.78, 5) is 12.9. The van der Waals surface area contributed by atoms with Gasteiger partial charge in [-0.1, -0.05) is 30.3 Å². The molecule has 2 aromatic carbocycles. The number of methoxy groups -OCH3 is 1. The second kappa shape index (κ2) is 9.32. The molecule has 1 aliphatic rings. The number of ether oxygens (including phenoxy) is 1. The number of rotatable bonds is 8. The third-order valence-electron chi connectivity index (χ3n) is 5.62. The van der Waals surface area contributed by atoms with Gasteiger partial charge in [0.05, 0.1) is 12.0 Å². The van der Waals surface area contributed by atoms with E-state index in [0.717, 1.165) is 30.6 Å². The first-order valence-corrected chi connectivity index (χ1v) is 11.7. The lowest BCUT2D eigenvalue weighted by molar-refractivity contribution is -0.121. The van der Waals surface area contributed by atoms with E-state index in [0.29, 0.717) is 25.8 Å². The number of thiol groups is 1. The van der Waals surface area contributed by atoms with Crippen molar-refractivity contribution in [2.24, 2.45) is 0 Å². The third kappa shape index (κ3) is 4.68. The van der Waals surface area contributed by atoms with Crippen LogP contribution in [0.25, 0.3) is 0 Å². The number of piperidine rings is 1. The summed E-state index contributed by atoms with van der Waals surface area (Å²) < 4.78 is 33.3. The first-order chi connectivity index (χ1) is 13.9. The van der Waals surface area contributed by atoms with Crippen LogP contribution >= 0.6 is 12.6 Å². The van der Waals surface area contributed by atoms with Crippen LogP contribution < -0.4 is 4.74 Å². The molecule has 0 saturated carbocycles. The first kappa shape index (κ1) is 21.9. The average molecular weight is 434 g/mol. The molecule has 0 amide bonds. The lowest BCUT2D eigenvalue weighted by Crippen LogP contribution is -2.58. The van der Waals surface area contributed by atoms with Crippen molar-refractivity contribution in [2.75, 3.05) is 13.7 Å². The van der Waals surface area contributed by atoms with E-state index in [4.69, 9.17) is 4.74 Å². The second-order valence-electron chi connectivity index (χ2n) is 7.39. The van der Waals surface area contributed by atoms with Gasteiger partial charge in [-0.15, -0.1) is 12.6 Å². The fourth-order valence-electron chi connectivity index (χ4n) is 4.03. The van der Waals surface area contributed by atoms with Gasteiger partial charge < -0.3 is 4.74 Å². The second-order valence-corrected chi connectivity index (χ2v) is 9.65. The number of nitrogens with zero attached hydrogens (tertiary/aromatic N) is 1. The molecule has 0 N–H and O–H groups in total. The van der Waals surface area contributed by atoms with E-state index in [1.54, 1.807) is 37.4 Å². The summed E-state index contributed by atoms with van der Waals surface area (Å²) in [6.45, 7) is 0.339. The van der Waals surface area contributed by atoms with E-state index in [1.807, 2.05) is 24.3 Å². The minimum Gasteiger partial charge on any atom is -0.497 e. The molecule has 0 aromatic heterocycles. The molecule has 156 valence electrons. The molecule has 2 aromatic rings. The van der Waals surface area contributed by atoms with Gasteiger partial charge in [0.1, 0.15) is 11.3 Å². The number of sulfonamides is 1. The molecule has 3 rings (SSSR count). The maximum atomic E-state index is 13.3. The molecule has 0 aliphatic carbocycles. The molecular weight excluding hydrogens is 406 g/mol. The fourth-order valence-corrected chi connectivity index (χ4v) is 6.29. The zero-order valence-corrected chi connectivity index (χ0v) is 18.3. The van der Waals surface area contributed by atoms with Crippen molar-refractivity contribution in [3.05, 3.63) is 60.2 Å². The van der Waals surface area contributed by atoms with E-state index < -0.39 is 15.6 Å². The van der Waals surface area contributed by atoms with E-state index in [-0.39, 0.29) is 10.0 Å². The Labute approximate surface area is 178 Å². The van der Waals surface area contributed by atoms with Crippen LogP contribution in [0.3, 0.4) is 0 Å². The molecule has 1 aliphatic heterocycles. The maximum Gasteiger partial charge on any atom is 0.244 e. The molecule has 5 nitrogen and oxygen atoms in total. The Balaban J connectivity index is 1.82. The standard InChI is InChI=1S/C22H27NO4S2/c1-27-19-13-11-18(12-14-19)8-7-16-22(21(24)28)15-5-6-17-23(22)29(25,26)20-9-3-2-4-10-20/h2-4,9-14H,5-8,15-17H2,1H3,(H,24,28). The van der Waals surface area contributed by atoms with Crippen molar-refractivity contribution in [3.8, 4) is 5.75 Å². The summed E-state index contributed by atoms with van der Waals surface area (Å²) in [5, 5.41) is -0.369. The average Bonchev–Trinajstić information content (AvgIpc) is 2.75. The number of carbonyl (C=O) groups is 1. The zero-order valence-electron chi connectivity index (χ0n) is 16.6. The van der Waals surface area contributed by atoms with Crippen LogP contribution in [0.1, 0.15) is 37.7 Å². The molecule has 1 heterocycles. The van der Waals surface area contributed by atoms with Crippen LogP contribution in [0.2, 0.25) is 0 Å². The van der Waals surface area contributed by atoms with Crippen molar-refractivity contribution in [1.82, 2.24) is 4.31 Å². The SMILES string of the molecule is COc1ccc(CCCC2(C(=O)S)CCCCN2S(=O)(=O)c2ccccc2)cc1. The minimum absolute atomic E-state index is 0.219. The van der Waals surface area contributed by atoms with E-state index in [9.17, 15) is 13.2 Å². The van der Waals surface area contributed by atoms with Gasteiger partial charge in [-0.3, -0.25) is 4.79 Å². The highest BCUT2D eigenvalue weighted by Gasteiger charge is 2.49. The summed E-state index contributed by atoms with van der Waals surface area (Å²) in [5.74, 6) is 0.795. The minimum atomic E-state index is -3.77. The molecule has 1 fully saturated rings. The fraction of sp³-hybridized carbons (Fsp3) is 0.409. The number of carbonyl (C=O) groups excluding carboxylic acids is 1. The third-order valence-corrected chi connectivity index (χ3v) is 8.02. The van der Waals surface area contributed by atoms with Crippen LogP contribution in [0.4, 0.5) is 0 Å². The summed E-state index contributed by atoms with van der Waals surface area (Å²) in [7, 11) is -2.14. The van der Waals surface area contributed by atoms with Crippen molar-refractivity contribution in [2.45, 2.75) is 49.0 Å². The number of benzene rings is 2. The van der Waals surface area contributed by atoms with Crippen molar-refractivity contribution >= 4 is 27.8 Å². The number of hydrogen-bond acceptors (Lipinski definition) is 4.